The van der Waals surface area contributed by atoms with Crippen molar-refractivity contribution in [1.29, 1.82) is 0 Å². The van der Waals surface area contributed by atoms with Gasteiger partial charge in [-0.3, -0.25) is 14.5 Å². The van der Waals surface area contributed by atoms with Crippen molar-refractivity contribution in [3.8, 4) is 0 Å². The number of hydrogen-bond acceptors (Lipinski definition) is 4. The summed E-state index contributed by atoms with van der Waals surface area (Å²) in [5.74, 6) is -0.104. The SMILES string of the molecule is CCN(CC)C(=S)SCC(=O)N1c2ccccc2NC(=O)C1(C)C. The van der Waals surface area contributed by atoms with Crippen LogP contribution in [0.25, 0.3) is 0 Å². The molecule has 0 atom stereocenters. The predicted molar refractivity (Wildman–Crippen MR) is 105 cm³/mol. The second-order valence-corrected chi connectivity index (χ2v) is 7.60. The minimum absolute atomic E-state index is 0.123. The van der Waals surface area contributed by atoms with E-state index in [2.05, 4.69) is 5.32 Å². The highest BCUT2D eigenvalue weighted by Crippen LogP contribution is 2.37. The molecular weight excluding hydrogens is 342 g/mol. The maximum absolute atomic E-state index is 12.9. The molecule has 1 N–H and O–H groups in total. The normalized spacial score (nSPS) is 15.5. The number of hydrogen-bond donors (Lipinski definition) is 1. The molecule has 1 aromatic carbocycles. The van der Waals surface area contributed by atoms with Crippen LogP contribution in [-0.4, -0.2) is 45.4 Å². The van der Waals surface area contributed by atoms with E-state index in [1.165, 1.54) is 11.8 Å². The Morgan fingerprint density at radius 1 is 1.29 bits per heavy atom. The lowest BCUT2D eigenvalue weighted by Gasteiger charge is -2.42. The summed E-state index contributed by atoms with van der Waals surface area (Å²) in [6.07, 6.45) is 0. The minimum Gasteiger partial charge on any atom is -0.358 e. The van der Waals surface area contributed by atoms with Gasteiger partial charge in [0.15, 0.2) is 0 Å². The zero-order valence-electron chi connectivity index (χ0n) is 14.5. The number of para-hydroxylation sites is 2. The van der Waals surface area contributed by atoms with E-state index in [1.807, 2.05) is 36.9 Å². The van der Waals surface area contributed by atoms with Crippen molar-refractivity contribution < 1.29 is 9.59 Å². The lowest BCUT2D eigenvalue weighted by atomic mass is 9.96. The van der Waals surface area contributed by atoms with Gasteiger partial charge in [-0.25, -0.2) is 0 Å². The van der Waals surface area contributed by atoms with Crippen molar-refractivity contribution in [2.75, 3.05) is 29.1 Å². The van der Waals surface area contributed by atoms with E-state index < -0.39 is 5.54 Å². The fraction of sp³-hybridized carbons (Fsp3) is 0.471. The van der Waals surface area contributed by atoms with E-state index in [4.69, 9.17) is 12.2 Å². The van der Waals surface area contributed by atoms with Gasteiger partial charge in [-0.1, -0.05) is 36.1 Å². The fourth-order valence-corrected chi connectivity index (χ4v) is 3.91. The first-order valence-electron chi connectivity index (χ1n) is 7.98. The summed E-state index contributed by atoms with van der Waals surface area (Å²) in [5.41, 5.74) is 0.441. The molecular formula is C17H23N3O2S2. The minimum atomic E-state index is -0.942. The molecule has 24 heavy (non-hydrogen) atoms. The van der Waals surface area contributed by atoms with Crippen molar-refractivity contribution in [2.45, 2.75) is 33.2 Å². The van der Waals surface area contributed by atoms with Gasteiger partial charge in [0.25, 0.3) is 0 Å². The highest BCUT2D eigenvalue weighted by molar-refractivity contribution is 8.23. The van der Waals surface area contributed by atoms with Crippen molar-refractivity contribution in [3.63, 3.8) is 0 Å². The van der Waals surface area contributed by atoms with E-state index >= 15 is 0 Å². The zero-order valence-corrected chi connectivity index (χ0v) is 16.1. The first-order valence-corrected chi connectivity index (χ1v) is 9.37. The number of nitrogens with zero attached hydrogens (tertiary/aromatic N) is 2. The Kier molecular flexibility index (Phi) is 5.87. The van der Waals surface area contributed by atoms with Gasteiger partial charge in [0.1, 0.15) is 9.86 Å². The van der Waals surface area contributed by atoms with Crippen LogP contribution in [0.1, 0.15) is 27.7 Å². The molecule has 0 saturated carbocycles. The van der Waals surface area contributed by atoms with Gasteiger partial charge in [-0.05, 0) is 39.8 Å². The summed E-state index contributed by atoms with van der Waals surface area (Å²) >= 11 is 6.74. The number of thioether (sulfide) groups is 1. The number of fused-ring (bicyclic) bond motifs is 1. The van der Waals surface area contributed by atoms with Gasteiger partial charge >= 0.3 is 0 Å². The molecule has 0 aliphatic carbocycles. The highest BCUT2D eigenvalue weighted by atomic mass is 32.2. The zero-order chi connectivity index (χ0) is 17.9. The Labute approximate surface area is 152 Å². The third-order valence-electron chi connectivity index (χ3n) is 4.10. The number of carbonyl (C=O) groups excluding carboxylic acids is 2. The number of rotatable bonds is 4. The predicted octanol–water partition coefficient (Wildman–Crippen LogP) is 3.11. The molecule has 1 aliphatic rings. The van der Waals surface area contributed by atoms with Crippen LogP contribution in [0.2, 0.25) is 0 Å². The molecule has 0 bridgehead atoms. The summed E-state index contributed by atoms with van der Waals surface area (Å²) in [5, 5.41) is 2.86. The number of thiocarbonyl (C=S) groups is 1. The lowest BCUT2D eigenvalue weighted by Crippen LogP contribution is -2.59. The molecule has 1 heterocycles. The van der Waals surface area contributed by atoms with E-state index in [0.717, 1.165) is 18.8 Å². The Balaban J connectivity index is 2.21. The van der Waals surface area contributed by atoms with Crippen LogP contribution < -0.4 is 10.2 Å². The summed E-state index contributed by atoms with van der Waals surface area (Å²) < 4.78 is 0.709. The largest absolute Gasteiger partial charge is 0.358 e. The fourth-order valence-electron chi connectivity index (χ4n) is 2.66. The summed E-state index contributed by atoms with van der Waals surface area (Å²) in [6.45, 7) is 9.21. The molecule has 1 aromatic rings. The monoisotopic (exact) mass is 365 g/mol. The number of benzene rings is 1. The molecule has 0 saturated heterocycles. The van der Waals surface area contributed by atoms with Gasteiger partial charge in [-0.15, -0.1) is 0 Å². The summed E-state index contributed by atoms with van der Waals surface area (Å²) in [4.78, 5) is 28.9. The molecule has 5 nitrogen and oxygen atoms in total. The average Bonchev–Trinajstić information content (AvgIpc) is 2.54. The van der Waals surface area contributed by atoms with E-state index in [9.17, 15) is 9.59 Å². The average molecular weight is 366 g/mol. The van der Waals surface area contributed by atoms with Gasteiger partial charge in [0, 0.05) is 13.1 Å². The van der Waals surface area contributed by atoms with Crippen LogP contribution >= 0.6 is 24.0 Å². The van der Waals surface area contributed by atoms with Crippen LogP contribution in [0.15, 0.2) is 24.3 Å². The van der Waals surface area contributed by atoms with Crippen molar-refractivity contribution >= 4 is 51.5 Å². The van der Waals surface area contributed by atoms with E-state index in [0.29, 0.717) is 10.0 Å². The number of carbonyl (C=O) groups is 2. The van der Waals surface area contributed by atoms with Crippen LogP contribution in [0.3, 0.4) is 0 Å². The van der Waals surface area contributed by atoms with E-state index in [1.54, 1.807) is 24.8 Å². The van der Waals surface area contributed by atoms with Crippen LogP contribution in [-0.2, 0) is 9.59 Å². The van der Waals surface area contributed by atoms with Gasteiger partial charge in [0.05, 0.1) is 17.1 Å². The van der Waals surface area contributed by atoms with Crippen LogP contribution in [0.5, 0.6) is 0 Å². The standard InChI is InChI=1S/C17H23N3O2S2/c1-5-19(6-2)16(23)24-11-14(21)20-13-10-8-7-9-12(13)18-15(22)17(20,3)4/h7-10H,5-6,11H2,1-4H3,(H,18,22). The second-order valence-electron chi connectivity index (χ2n) is 5.99. The van der Waals surface area contributed by atoms with Crippen molar-refractivity contribution in [1.82, 2.24) is 4.90 Å². The molecule has 0 radical (unpaired) electrons. The van der Waals surface area contributed by atoms with Crippen molar-refractivity contribution in [3.05, 3.63) is 24.3 Å². The Bertz CT molecular complexity index is 657. The quantitative estimate of drug-likeness (QED) is 0.831. The van der Waals surface area contributed by atoms with Crippen LogP contribution in [0, 0.1) is 0 Å². The van der Waals surface area contributed by atoms with Gasteiger partial charge in [-0.2, -0.15) is 0 Å². The molecule has 0 unspecified atom stereocenters. The maximum atomic E-state index is 12.9. The Morgan fingerprint density at radius 2 is 1.92 bits per heavy atom. The molecule has 130 valence electrons. The first kappa shape index (κ1) is 18.7. The number of anilines is 2. The molecule has 2 rings (SSSR count). The lowest BCUT2D eigenvalue weighted by molar-refractivity contribution is -0.125. The first-order chi connectivity index (χ1) is 11.3. The van der Waals surface area contributed by atoms with Gasteiger partial charge in [0.2, 0.25) is 11.8 Å². The smallest absolute Gasteiger partial charge is 0.250 e. The van der Waals surface area contributed by atoms with Crippen molar-refractivity contribution in [2.24, 2.45) is 0 Å². The van der Waals surface area contributed by atoms with Crippen LogP contribution in [0.4, 0.5) is 11.4 Å². The summed E-state index contributed by atoms with van der Waals surface area (Å²) in [6, 6.07) is 7.35. The Morgan fingerprint density at radius 3 is 2.54 bits per heavy atom. The van der Waals surface area contributed by atoms with Gasteiger partial charge < -0.3 is 10.2 Å². The number of amides is 2. The maximum Gasteiger partial charge on any atom is 0.250 e. The highest BCUT2D eigenvalue weighted by Gasteiger charge is 2.43. The molecule has 0 spiro atoms. The topological polar surface area (TPSA) is 52.7 Å². The molecule has 1 aliphatic heterocycles. The third-order valence-corrected chi connectivity index (χ3v) is 5.61. The number of nitrogens with one attached hydrogen (secondary N) is 1. The van der Waals surface area contributed by atoms with E-state index in [-0.39, 0.29) is 17.6 Å². The Hall–Kier alpha value is -1.60. The molecule has 0 aromatic heterocycles. The third kappa shape index (κ3) is 3.57. The second kappa shape index (κ2) is 7.53. The molecule has 7 heteroatoms. The molecule has 2 amide bonds. The molecule has 0 fully saturated rings. The summed E-state index contributed by atoms with van der Waals surface area (Å²) in [7, 11) is 0.